The molecule has 0 amide bonds. The second-order valence-electron chi connectivity index (χ2n) is 14.2. The van der Waals surface area contributed by atoms with Crippen LogP contribution in [0, 0.1) is 11.8 Å². The lowest BCUT2D eigenvalue weighted by Gasteiger charge is -2.50. The summed E-state index contributed by atoms with van der Waals surface area (Å²) < 4.78 is 5.35. The first-order valence-corrected chi connectivity index (χ1v) is 19.1. The molecule has 2 bridgehead atoms. The van der Waals surface area contributed by atoms with Crippen LogP contribution in [0.5, 0.6) is 17.2 Å². The molecule has 9 N–H and O–H groups in total. The highest BCUT2D eigenvalue weighted by Gasteiger charge is 2.42. The second kappa shape index (κ2) is 18.7. The number of carbonyl (C=O) groups is 2. The SMILES string of the molecule is C=C[C@H]1CN2CC[C@H]1C[C@H]2[C@H](O)c1ccnc2ccc(OC)cc12.O=C1c2c(O)ccc(O)c2C(=O)c2c(NCCNCCO)ccc(NCCNCCO)c21. The number of rotatable bonds is 16. The number of phenolic OH excluding ortho intramolecular Hbond substituents is 2. The Bertz CT molecular complexity index is 1960. The summed E-state index contributed by atoms with van der Waals surface area (Å²) in [6.07, 6.45) is 5.62. The number of aromatic nitrogens is 1. The summed E-state index contributed by atoms with van der Waals surface area (Å²) in [6.45, 7) is 8.88. The summed E-state index contributed by atoms with van der Waals surface area (Å²) in [5, 5.41) is 62.7. The number of nitrogens with zero attached hydrogens (tertiary/aromatic N) is 2. The van der Waals surface area contributed by atoms with Gasteiger partial charge in [0.15, 0.2) is 0 Å². The Morgan fingerprint density at radius 1 is 0.857 bits per heavy atom. The van der Waals surface area contributed by atoms with Crippen LogP contribution in [0.1, 0.15) is 56.4 Å². The zero-order valence-corrected chi connectivity index (χ0v) is 31.6. The fourth-order valence-corrected chi connectivity index (χ4v) is 8.08. The van der Waals surface area contributed by atoms with Crippen LogP contribution in [0.2, 0.25) is 0 Å². The van der Waals surface area contributed by atoms with E-state index in [1.165, 1.54) is 18.6 Å². The molecule has 1 aliphatic carbocycles. The number of ether oxygens (including phenoxy) is 1. The van der Waals surface area contributed by atoms with Crippen molar-refractivity contribution in [1.82, 2.24) is 20.5 Å². The molecule has 56 heavy (non-hydrogen) atoms. The van der Waals surface area contributed by atoms with Gasteiger partial charge in [-0.15, -0.1) is 6.58 Å². The van der Waals surface area contributed by atoms with Gasteiger partial charge in [-0.05, 0) is 85.3 Å². The molecule has 0 saturated carbocycles. The fourth-order valence-electron chi connectivity index (χ4n) is 8.08. The van der Waals surface area contributed by atoms with Gasteiger partial charge >= 0.3 is 0 Å². The number of hydrogen-bond donors (Lipinski definition) is 9. The third-order valence-corrected chi connectivity index (χ3v) is 10.9. The number of hydrogen-bond acceptors (Lipinski definition) is 14. The average molecular weight is 769 g/mol. The second-order valence-corrected chi connectivity index (χ2v) is 14.2. The van der Waals surface area contributed by atoms with Crippen LogP contribution < -0.4 is 26.0 Å². The Morgan fingerprint density at radius 3 is 1.98 bits per heavy atom. The molecule has 298 valence electrons. The van der Waals surface area contributed by atoms with Crippen LogP contribution in [-0.4, -0.2) is 126 Å². The molecule has 14 heteroatoms. The third kappa shape index (κ3) is 8.50. The minimum atomic E-state index is -0.559. The molecular formula is C42H52N6O8. The first kappa shape index (κ1) is 40.6. The number of pyridine rings is 1. The highest BCUT2D eigenvalue weighted by molar-refractivity contribution is 6.33. The molecule has 1 aromatic heterocycles. The number of anilines is 2. The number of benzene rings is 3. The molecule has 4 aliphatic rings. The van der Waals surface area contributed by atoms with Gasteiger partial charge in [0, 0.05) is 74.8 Å². The molecule has 3 saturated heterocycles. The van der Waals surface area contributed by atoms with Crippen LogP contribution in [0.25, 0.3) is 10.9 Å². The minimum absolute atomic E-state index is 0.00939. The van der Waals surface area contributed by atoms with E-state index in [-0.39, 0.29) is 53.0 Å². The minimum Gasteiger partial charge on any atom is -0.507 e. The lowest BCUT2D eigenvalue weighted by atomic mass is 9.73. The number of aromatic hydroxyl groups is 2. The van der Waals surface area contributed by atoms with E-state index in [1.807, 2.05) is 24.3 Å². The zero-order valence-electron chi connectivity index (χ0n) is 31.6. The highest BCUT2D eigenvalue weighted by atomic mass is 16.5. The van der Waals surface area contributed by atoms with E-state index >= 15 is 0 Å². The lowest BCUT2D eigenvalue weighted by Crippen LogP contribution is -2.54. The largest absolute Gasteiger partial charge is 0.507 e. The molecular weight excluding hydrogens is 716 g/mol. The smallest absolute Gasteiger partial charge is 0.200 e. The number of aliphatic hydroxyl groups is 3. The van der Waals surface area contributed by atoms with Crippen molar-refractivity contribution in [3.8, 4) is 17.2 Å². The molecule has 0 radical (unpaired) electrons. The van der Waals surface area contributed by atoms with Crippen molar-refractivity contribution in [3.63, 3.8) is 0 Å². The van der Waals surface area contributed by atoms with Crippen LogP contribution in [-0.2, 0) is 0 Å². The van der Waals surface area contributed by atoms with Crippen molar-refractivity contribution in [3.05, 3.63) is 95.2 Å². The van der Waals surface area contributed by atoms with Gasteiger partial charge in [-0.1, -0.05) is 6.08 Å². The summed E-state index contributed by atoms with van der Waals surface area (Å²) in [4.78, 5) is 33.6. The Morgan fingerprint density at radius 2 is 1.46 bits per heavy atom. The van der Waals surface area contributed by atoms with Gasteiger partial charge in [0.05, 0.1) is 54.2 Å². The molecule has 14 nitrogen and oxygen atoms in total. The zero-order chi connectivity index (χ0) is 39.8. The van der Waals surface area contributed by atoms with E-state index in [0.29, 0.717) is 62.5 Å². The van der Waals surface area contributed by atoms with Gasteiger partial charge in [0.25, 0.3) is 0 Å². The summed E-state index contributed by atoms with van der Waals surface area (Å²) in [6, 6.07) is 13.7. The molecule has 5 atom stereocenters. The summed E-state index contributed by atoms with van der Waals surface area (Å²) in [7, 11) is 1.66. The summed E-state index contributed by atoms with van der Waals surface area (Å²) in [5.41, 5.74) is 2.52. The maximum atomic E-state index is 13.4. The van der Waals surface area contributed by atoms with Crippen molar-refractivity contribution in [2.75, 3.05) is 83.3 Å². The molecule has 4 heterocycles. The fraction of sp³-hybridized carbons (Fsp3) is 0.405. The van der Waals surface area contributed by atoms with Gasteiger partial charge in [-0.2, -0.15) is 0 Å². The van der Waals surface area contributed by atoms with Crippen molar-refractivity contribution < 1.29 is 39.9 Å². The molecule has 3 aliphatic heterocycles. The van der Waals surface area contributed by atoms with Crippen LogP contribution >= 0.6 is 0 Å². The van der Waals surface area contributed by atoms with Gasteiger partial charge in [0.1, 0.15) is 17.2 Å². The molecule has 3 fully saturated rings. The van der Waals surface area contributed by atoms with Gasteiger partial charge in [0.2, 0.25) is 11.6 Å². The third-order valence-electron chi connectivity index (χ3n) is 10.9. The van der Waals surface area contributed by atoms with Crippen molar-refractivity contribution in [2.45, 2.75) is 25.0 Å². The number of aliphatic hydroxyl groups excluding tert-OH is 3. The van der Waals surface area contributed by atoms with E-state index in [2.05, 4.69) is 43.8 Å². The molecule has 0 spiro atoms. The Balaban J connectivity index is 0.000000197. The van der Waals surface area contributed by atoms with E-state index in [9.17, 15) is 24.9 Å². The lowest BCUT2D eigenvalue weighted by molar-refractivity contribution is -0.0444. The number of nitrogens with one attached hydrogen (secondary N) is 4. The number of piperidine rings is 3. The first-order valence-electron chi connectivity index (χ1n) is 19.1. The van der Waals surface area contributed by atoms with Gasteiger partial charge in [-0.25, -0.2) is 0 Å². The first-order chi connectivity index (χ1) is 27.2. The topological polar surface area (TPSA) is 209 Å². The maximum Gasteiger partial charge on any atom is 0.200 e. The van der Waals surface area contributed by atoms with Crippen molar-refractivity contribution in [2.24, 2.45) is 11.8 Å². The summed E-state index contributed by atoms with van der Waals surface area (Å²) in [5.74, 6) is 0.145. The number of phenols is 2. The number of fused-ring (bicyclic) bond motifs is 6. The number of ketones is 2. The van der Waals surface area contributed by atoms with Crippen LogP contribution in [0.15, 0.2) is 67.4 Å². The molecule has 4 aromatic rings. The van der Waals surface area contributed by atoms with Gasteiger partial charge < -0.3 is 51.5 Å². The predicted octanol–water partition coefficient (Wildman–Crippen LogP) is 3.03. The Hall–Kier alpha value is -5.09. The van der Waals surface area contributed by atoms with Crippen molar-refractivity contribution >= 4 is 33.8 Å². The Labute approximate surface area is 326 Å². The monoisotopic (exact) mass is 768 g/mol. The Kier molecular flexibility index (Phi) is 13.5. The van der Waals surface area contributed by atoms with E-state index < -0.39 is 17.7 Å². The van der Waals surface area contributed by atoms with E-state index in [0.717, 1.165) is 41.7 Å². The highest BCUT2D eigenvalue weighted by Crippen LogP contribution is 2.44. The van der Waals surface area contributed by atoms with Crippen LogP contribution in [0.3, 0.4) is 0 Å². The van der Waals surface area contributed by atoms with Gasteiger partial charge in [-0.3, -0.25) is 19.5 Å². The van der Waals surface area contributed by atoms with Crippen LogP contribution in [0.4, 0.5) is 11.4 Å². The van der Waals surface area contributed by atoms with Crippen molar-refractivity contribution in [1.29, 1.82) is 0 Å². The molecule has 3 aromatic carbocycles. The summed E-state index contributed by atoms with van der Waals surface area (Å²) >= 11 is 0. The quantitative estimate of drug-likeness (QED) is 0.0402. The molecule has 1 unspecified atom stereocenters. The van der Waals surface area contributed by atoms with E-state index in [4.69, 9.17) is 14.9 Å². The number of carbonyl (C=O) groups excluding carboxylic acids is 2. The normalized spacial score (nSPS) is 20.1. The predicted molar refractivity (Wildman–Crippen MR) is 215 cm³/mol. The number of methoxy groups -OCH3 is 1. The average Bonchev–Trinajstić information content (AvgIpc) is 3.23. The maximum absolute atomic E-state index is 13.4. The molecule has 8 rings (SSSR count). The van der Waals surface area contributed by atoms with E-state index in [1.54, 1.807) is 25.4 Å². The standard InChI is InChI=1S/C22H28N4O6.C20H24N2O2/c27-11-9-23-5-7-25-13-1-2-14(26-8-6-24-10-12-28)18-17(13)21(31)19-15(29)3-4-16(30)20(19)22(18)32;1-3-13-12-22-9-7-14(13)10-19(22)20(23)16-6-8-21-18-5-4-15(24-2)11-17(16)18/h1-4,23-30H,5-12H2;3-6,8,11,13-14,19-20,23H,1,7,9-10,12H2,2H3/t;13-,14-,19-,20+/m.0/s1.